The van der Waals surface area contributed by atoms with Gasteiger partial charge in [0.1, 0.15) is 28.2 Å². The number of aromatic nitrogens is 1. The highest BCUT2D eigenvalue weighted by molar-refractivity contribution is 7.09. The molecule has 0 aliphatic carbocycles. The van der Waals surface area contributed by atoms with Gasteiger partial charge in [-0.15, -0.1) is 0 Å². The third kappa shape index (κ3) is 6.23. The van der Waals surface area contributed by atoms with E-state index in [1.165, 1.54) is 26.2 Å². The molecule has 1 atom stereocenters. The van der Waals surface area contributed by atoms with Gasteiger partial charge in [0.2, 0.25) is 5.91 Å². The molecule has 3 amide bonds. The minimum atomic E-state index is -1.21. The number of carbonyl (C=O) groups excluding carboxylic acids is 3. The van der Waals surface area contributed by atoms with Crippen LogP contribution in [-0.4, -0.2) is 43.4 Å². The Morgan fingerprint density at radius 3 is 2.17 bits per heavy atom. The standard InChI is InChI=1S/C29H29N5O6S/c1-38-19-11-9-18(10-12-19)25(28(36)32-16-17-7-5-4-6-8-17)34(21-14-13-20(39-2)15-22(21)40-3)29(37)26-23(30)24(27(31)35)33-41-26/h4-15,25H,16,30H2,1-3H3,(H2,31,35)(H,32,36). The molecular formula is C29H29N5O6S. The van der Waals surface area contributed by atoms with Gasteiger partial charge in [-0.05, 0) is 46.9 Å². The summed E-state index contributed by atoms with van der Waals surface area (Å²) in [7, 11) is 4.46. The quantitative estimate of drug-likeness (QED) is 0.245. The van der Waals surface area contributed by atoms with E-state index in [-0.39, 0.29) is 34.2 Å². The van der Waals surface area contributed by atoms with Crippen molar-refractivity contribution < 1.29 is 28.6 Å². The SMILES string of the molecule is COc1ccc(C(C(=O)NCc2ccccc2)N(C(=O)c2snc(C(N)=O)c2N)c2ccc(OC)cc2OC)cc1. The molecule has 212 valence electrons. The maximum absolute atomic E-state index is 14.3. The molecule has 12 heteroatoms. The lowest BCUT2D eigenvalue weighted by Gasteiger charge is -2.32. The van der Waals surface area contributed by atoms with Crippen LogP contribution in [0.4, 0.5) is 11.4 Å². The third-order valence-corrected chi connectivity index (χ3v) is 7.12. The molecule has 1 aromatic heterocycles. The molecule has 0 saturated heterocycles. The van der Waals surface area contributed by atoms with Gasteiger partial charge in [0.15, 0.2) is 5.69 Å². The van der Waals surface area contributed by atoms with Gasteiger partial charge in [-0.2, -0.15) is 4.37 Å². The van der Waals surface area contributed by atoms with Gasteiger partial charge in [0.05, 0.1) is 32.7 Å². The molecule has 4 rings (SSSR count). The van der Waals surface area contributed by atoms with Gasteiger partial charge < -0.3 is 31.0 Å². The third-order valence-electron chi connectivity index (χ3n) is 6.27. The van der Waals surface area contributed by atoms with Crippen LogP contribution >= 0.6 is 11.5 Å². The number of nitrogen functional groups attached to an aromatic ring is 1. The van der Waals surface area contributed by atoms with E-state index in [1.54, 1.807) is 42.5 Å². The summed E-state index contributed by atoms with van der Waals surface area (Å²) in [4.78, 5) is 41.4. The highest BCUT2D eigenvalue weighted by atomic mass is 32.1. The molecule has 4 aromatic rings. The molecule has 41 heavy (non-hydrogen) atoms. The van der Waals surface area contributed by atoms with Crippen molar-refractivity contribution in [3.05, 3.63) is 94.5 Å². The van der Waals surface area contributed by atoms with E-state index in [0.717, 1.165) is 5.56 Å². The summed E-state index contributed by atoms with van der Waals surface area (Å²) in [6, 6.07) is 19.7. The Labute approximate surface area is 240 Å². The summed E-state index contributed by atoms with van der Waals surface area (Å²) in [5.41, 5.74) is 12.7. The van der Waals surface area contributed by atoms with E-state index in [2.05, 4.69) is 9.69 Å². The minimum absolute atomic E-state index is 0.0638. The number of nitrogens with two attached hydrogens (primary N) is 2. The number of amides is 3. The van der Waals surface area contributed by atoms with Crippen LogP contribution < -0.4 is 35.9 Å². The number of ether oxygens (including phenoxy) is 3. The fourth-order valence-electron chi connectivity index (χ4n) is 4.17. The molecule has 11 nitrogen and oxygen atoms in total. The van der Waals surface area contributed by atoms with Crippen molar-refractivity contribution in [2.24, 2.45) is 5.73 Å². The zero-order chi connectivity index (χ0) is 29.5. The van der Waals surface area contributed by atoms with Crippen LogP contribution in [0.25, 0.3) is 0 Å². The molecule has 0 spiro atoms. The number of hydrogen-bond acceptors (Lipinski definition) is 9. The molecule has 3 aromatic carbocycles. The molecule has 5 N–H and O–H groups in total. The minimum Gasteiger partial charge on any atom is -0.497 e. The van der Waals surface area contributed by atoms with Crippen molar-refractivity contribution in [2.45, 2.75) is 12.6 Å². The van der Waals surface area contributed by atoms with Crippen LogP contribution in [0.3, 0.4) is 0 Å². The van der Waals surface area contributed by atoms with Crippen molar-refractivity contribution in [1.82, 2.24) is 9.69 Å². The van der Waals surface area contributed by atoms with Crippen LogP contribution in [0.5, 0.6) is 17.2 Å². The number of hydrogen-bond donors (Lipinski definition) is 3. The zero-order valence-corrected chi connectivity index (χ0v) is 23.4. The first-order valence-electron chi connectivity index (χ1n) is 12.3. The van der Waals surface area contributed by atoms with Gasteiger partial charge >= 0.3 is 0 Å². The van der Waals surface area contributed by atoms with Gasteiger partial charge in [-0.1, -0.05) is 42.5 Å². The number of rotatable bonds is 11. The summed E-state index contributed by atoms with van der Waals surface area (Å²) in [5, 5.41) is 2.93. The van der Waals surface area contributed by atoms with Crippen LogP contribution in [0.15, 0.2) is 72.8 Å². The summed E-state index contributed by atoms with van der Waals surface area (Å²) < 4.78 is 20.2. The van der Waals surface area contributed by atoms with Crippen LogP contribution in [-0.2, 0) is 11.3 Å². The Morgan fingerprint density at radius 2 is 1.59 bits per heavy atom. The normalized spacial score (nSPS) is 11.3. The van der Waals surface area contributed by atoms with E-state index in [4.69, 9.17) is 25.7 Å². The lowest BCUT2D eigenvalue weighted by molar-refractivity contribution is -0.122. The lowest BCUT2D eigenvalue weighted by atomic mass is 10.0. The van der Waals surface area contributed by atoms with E-state index in [9.17, 15) is 14.4 Å². The van der Waals surface area contributed by atoms with Gasteiger partial charge in [0, 0.05) is 12.6 Å². The topological polar surface area (TPSA) is 159 Å². The van der Waals surface area contributed by atoms with Crippen LogP contribution in [0.1, 0.15) is 37.3 Å². The zero-order valence-electron chi connectivity index (χ0n) is 22.6. The second-order valence-corrected chi connectivity index (χ2v) is 9.50. The Morgan fingerprint density at radius 1 is 0.927 bits per heavy atom. The lowest BCUT2D eigenvalue weighted by Crippen LogP contribution is -2.44. The van der Waals surface area contributed by atoms with E-state index in [0.29, 0.717) is 28.6 Å². The number of anilines is 2. The predicted octanol–water partition coefficient (Wildman–Crippen LogP) is 3.55. The number of nitrogens with zero attached hydrogens (tertiary/aromatic N) is 2. The fraction of sp³-hybridized carbons (Fsp3) is 0.172. The van der Waals surface area contributed by atoms with Crippen LogP contribution in [0.2, 0.25) is 0 Å². The van der Waals surface area contributed by atoms with Crippen molar-refractivity contribution in [3.8, 4) is 17.2 Å². The van der Waals surface area contributed by atoms with Crippen molar-refractivity contribution >= 4 is 40.6 Å². The second-order valence-electron chi connectivity index (χ2n) is 8.73. The summed E-state index contributed by atoms with van der Waals surface area (Å²) in [6.45, 7) is 0.211. The fourth-order valence-corrected chi connectivity index (χ4v) is 4.92. The number of carbonyl (C=O) groups is 3. The number of nitrogens with one attached hydrogen (secondary N) is 1. The predicted molar refractivity (Wildman–Crippen MR) is 155 cm³/mol. The molecule has 1 unspecified atom stereocenters. The van der Waals surface area contributed by atoms with E-state index in [1.807, 2.05) is 30.3 Å². The molecule has 0 bridgehead atoms. The maximum atomic E-state index is 14.3. The number of primary amides is 1. The maximum Gasteiger partial charge on any atom is 0.273 e. The largest absolute Gasteiger partial charge is 0.497 e. The number of benzene rings is 3. The average Bonchev–Trinajstić information content (AvgIpc) is 3.40. The van der Waals surface area contributed by atoms with Gasteiger partial charge in [0.25, 0.3) is 11.8 Å². The Bertz CT molecular complexity index is 1540. The summed E-state index contributed by atoms with van der Waals surface area (Å²) >= 11 is 0.713. The van der Waals surface area contributed by atoms with Crippen molar-refractivity contribution in [2.75, 3.05) is 32.0 Å². The first kappa shape index (κ1) is 28.9. The molecule has 0 fully saturated rings. The second kappa shape index (κ2) is 12.8. The smallest absolute Gasteiger partial charge is 0.273 e. The van der Waals surface area contributed by atoms with Crippen LogP contribution in [0, 0.1) is 0 Å². The highest BCUT2D eigenvalue weighted by Gasteiger charge is 2.37. The Kier molecular flexibility index (Phi) is 9.05. The summed E-state index contributed by atoms with van der Waals surface area (Å²) in [5.74, 6) is -0.755. The van der Waals surface area contributed by atoms with E-state index < -0.39 is 23.8 Å². The molecule has 1 heterocycles. The molecular weight excluding hydrogens is 546 g/mol. The summed E-state index contributed by atoms with van der Waals surface area (Å²) in [6.07, 6.45) is 0. The number of methoxy groups -OCH3 is 3. The Balaban J connectivity index is 1.90. The molecule has 0 saturated carbocycles. The van der Waals surface area contributed by atoms with Gasteiger partial charge in [-0.25, -0.2) is 0 Å². The molecule has 0 aliphatic heterocycles. The van der Waals surface area contributed by atoms with Gasteiger partial charge in [-0.3, -0.25) is 19.3 Å². The first-order chi connectivity index (χ1) is 19.8. The Hall–Kier alpha value is -5.10. The first-order valence-corrected chi connectivity index (χ1v) is 13.1. The van der Waals surface area contributed by atoms with Crippen molar-refractivity contribution in [1.29, 1.82) is 0 Å². The van der Waals surface area contributed by atoms with E-state index >= 15 is 0 Å². The molecule has 0 radical (unpaired) electrons. The monoisotopic (exact) mass is 575 g/mol. The highest BCUT2D eigenvalue weighted by Crippen LogP contribution is 2.40. The van der Waals surface area contributed by atoms with Crippen molar-refractivity contribution in [3.63, 3.8) is 0 Å². The molecule has 0 aliphatic rings. The average molecular weight is 576 g/mol.